The Bertz CT molecular complexity index is 136. The summed E-state index contributed by atoms with van der Waals surface area (Å²) in [5.41, 5.74) is 0. The van der Waals surface area contributed by atoms with Gasteiger partial charge in [-0.25, -0.2) is 0 Å². The van der Waals surface area contributed by atoms with Gasteiger partial charge in [0.2, 0.25) is 0 Å². The summed E-state index contributed by atoms with van der Waals surface area (Å²) in [5, 5.41) is 0. The topological polar surface area (TPSA) is 26.3 Å². The van der Waals surface area contributed by atoms with Gasteiger partial charge in [0.05, 0.1) is 13.5 Å². The first-order valence-electron chi connectivity index (χ1n) is 3.88. The van der Waals surface area contributed by atoms with Crippen molar-refractivity contribution in [3.8, 4) is 0 Å². The molecule has 0 aromatic rings. The molecule has 0 saturated carbocycles. The number of methoxy groups -OCH3 is 1. The van der Waals surface area contributed by atoms with Crippen molar-refractivity contribution in [3.05, 3.63) is 12.2 Å². The molecule has 11 heavy (non-hydrogen) atoms. The van der Waals surface area contributed by atoms with Crippen molar-refractivity contribution in [1.29, 1.82) is 0 Å². The third-order valence-corrected chi connectivity index (χ3v) is 1.29. The molecule has 2 nitrogen and oxygen atoms in total. The standard InChI is InChI=1S/C9H16O2/c1-8(2)6-4-5-7-9(10)11-3/h4-5,8H,6-7H2,1-3H3/b5-4-. The van der Waals surface area contributed by atoms with Crippen molar-refractivity contribution < 1.29 is 9.53 Å². The molecule has 0 rings (SSSR count). The second-order valence-corrected chi connectivity index (χ2v) is 2.88. The molecule has 0 N–H and O–H groups in total. The van der Waals surface area contributed by atoms with Crippen LogP contribution in [0.3, 0.4) is 0 Å². The molecule has 0 aromatic heterocycles. The Morgan fingerprint density at radius 1 is 1.45 bits per heavy atom. The molecule has 0 spiro atoms. The number of ether oxygens (including phenoxy) is 1. The molecule has 64 valence electrons. The van der Waals surface area contributed by atoms with Gasteiger partial charge in [-0.1, -0.05) is 26.0 Å². The van der Waals surface area contributed by atoms with E-state index < -0.39 is 0 Å². The van der Waals surface area contributed by atoms with E-state index in [0.717, 1.165) is 6.42 Å². The molecule has 0 aliphatic carbocycles. The Balaban J connectivity index is 3.37. The fourth-order valence-electron chi connectivity index (χ4n) is 0.631. The van der Waals surface area contributed by atoms with E-state index in [1.807, 2.05) is 12.2 Å². The summed E-state index contributed by atoms with van der Waals surface area (Å²) in [7, 11) is 1.40. The minimum Gasteiger partial charge on any atom is -0.469 e. The minimum absolute atomic E-state index is 0.176. The summed E-state index contributed by atoms with van der Waals surface area (Å²) in [6.45, 7) is 4.28. The Kier molecular flexibility index (Phi) is 5.53. The van der Waals surface area contributed by atoms with E-state index in [2.05, 4.69) is 18.6 Å². The molecule has 0 amide bonds. The highest BCUT2D eigenvalue weighted by Gasteiger charge is 1.93. The van der Waals surface area contributed by atoms with Gasteiger partial charge in [-0.05, 0) is 12.3 Å². The molecule has 0 radical (unpaired) electrons. The number of rotatable bonds is 4. The van der Waals surface area contributed by atoms with Crippen molar-refractivity contribution in [1.82, 2.24) is 0 Å². The lowest BCUT2D eigenvalue weighted by Gasteiger charge is -1.96. The zero-order chi connectivity index (χ0) is 8.69. The molecule has 0 aliphatic heterocycles. The van der Waals surface area contributed by atoms with Gasteiger partial charge in [-0.3, -0.25) is 4.79 Å². The van der Waals surface area contributed by atoms with Crippen LogP contribution in [-0.2, 0) is 9.53 Å². The van der Waals surface area contributed by atoms with Crippen molar-refractivity contribution >= 4 is 5.97 Å². The van der Waals surface area contributed by atoms with E-state index in [4.69, 9.17) is 0 Å². The van der Waals surface area contributed by atoms with Crippen molar-refractivity contribution in [3.63, 3.8) is 0 Å². The number of hydrogen-bond acceptors (Lipinski definition) is 2. The van der Waals surface area contributed by atoms with Crippen molar-refractivity contribution in [2.45, 2.75) is 26.7 Å². The van der Waals surface area contributed by atoms with E-state index in [9.17, 15) is 4.79 Å². The first-order chi connectivity index (χ1) is 5.16. The smallest absolute Gasteiger partial charge is 0.309 e. The maximum Gasteiger partial charge on any atom is 0.309 e. The quantitative estimate of drug-likeness (QED) is 0.460. The summed E-state index contributed by atoms with van der Waals surface area (Å²) in [6.07, 6.45) is 5.29. The number of carbonyl (C=O) groups excluding carboxylic acids is 1. The largest absolute Gasteiger partial charge is 0.469 e. The van der Waals surface area contributed by atoms with Crippen molar-refractivity contribution in [2.24, 2.45) is 5.92 Å². The predicted octanol–water partition coefficient (Wildman–Crippen LogP) is 2.15. The molecule has 0 fully saturated rings. The number of carbonyl (C=O) groups is 1. The van der Waals surface area contributed by atoms with Gasteiger partial charge in [-0.15, -0.1) is 0 Å². The average molecular weight is 156 g/mol. The molecule has 0 aromatic carbocycles. The average Bonchev–Trinajstić information content (AvgIpc) is 1.97. The maximum atomic E-state index is 10.6. The molecule has 0 heterocycles. The third-order valence-electron chi connectivity index (χ3n) is 1.29. The summed E-state index contributed by atoms with van der Waals surface area (Å²) in [5.74, 6) is 0.480. The van der Waals surface area contributed by atoms with Gasteiger partial charge >= 0.3 is 5.97 Å². The van der Waals surface area contributed by atoms with E-state index in [0.29, 0.717) is 12.3 Å². The van der Waals surface area contributed by atoms with E-state index in [1.165, 1.54) is 7.11 Å². The summed E-state index contributed by atoms with van der Waals surface area (Å²) in [4.78, 5) is 10.6. The maximum absolute atomic E-state index is 10.6. The second kappa shape index (κ2) is 5.96. The molecule has 0 saturated heterocycles. The van der Waals surface area contributed by atoms with Crippen LogP contribution in [0.2, 0.25) is 0 Å². The van der Waals surface area contributed by atoms with Crippen LogP contribution in [-0.4, -0.2) is 13.1 Å². The minimum atomic E-state index is -0.176. The molecule has 0 aliphatic rings. The molecular weight excluding hydrogens is 140 g/mol. The lowest BCUT2D eigenvalue weighted by atomic mass is 10.1. The normalized spacial score (nSPS) is 10.9. The number of allylic oxidation sites excluding steroid dienone is 1. The first kappa shape index (κ1) is 10.2. The van der Waals surface area contributed by atoms with Gasteiger partial charge in [0.15, 0.2) is 0 Å². The molecule has 0 bridgehead atoms. The van der Waals surface area contributed by atoms with E-state index >= 15 is 0 Å². The van der Waals surface area contributed by atoms with Crippen LogP contribution in [0.5, 0.6) is 0 Å². The Morgan fingerprint density at radius 3 is 2.55 bits per heavy atom. The Labute approximate surface area is 68.2 Å². The van der Waals surface area contributed by atoms with Gasteiger partial charge in [0, 0.05) is 0 Å². The van der Waals surface area contributed by atoms with Crippen LogP contribution in [0.1, 0.15) is 26.7 Å². The van der Waals surface area contributed by atoms with Crippen LogP contribution >= 0.6 is 0 Å². The molecule has 0 atom stereocenters. The SMILES string of the molecule is COC(=O)C/C=C\CC(C)C. The monoisotopic (exact) mass is 156 g/mol. The van der Waals surface area contributed by atoms with E-state index in [-0.39, 0.29) is 5.97 Å². The second-order valence-electron chi connectivity index (χ2n) is 2.88. The van der Waals surface area contributed by atoms with Gasteiger partial charge in [-0.2, -0.15) is 0 Å². The molecule has 0 unspecified atom stereocenters. The third kappa shape index (κ3) is 7.10. The first-order valence-corrected chi connectivity index (χ1v) is 3.88. The van der Waals surface area contributed by atoms with Crippen molar-refractivity contribution in [2.75, 3.05) is 7.11 Å². The zero-order valence-electron chi connectivity index (χ0n) is 7.46. The summed E-state index contributed by atoms with van der Waals surface area (Å²) in [6, 6.07) is 0. The number of hydrogen-bond donors (Lipinski definition) is 0. The number of esters is 1. The van der Waals surface area contributed by atoms with Gasteiger partial charge in [0.1, 0.15) is 0 Å². The van der Waals surface area contributed by atoms with Gasteiger partial charge < -0.3 is 4.74 Å². The molecule has 2 heteroatoms. The highest BCUT2D eigenvalue weighted by Crippen LogP contribution is 2.00. The zero-order valence-corrected chi connectivity index (χ0v) is 7.46. The lowest BCUT2D eigenvalue weighted by Crippen LogP contribution is -1.96. The Hall–Kier alpha value is -0.790. The van der Waals surface area contributed by atoms with Crippen LogP contribution in [0.4, 0.5) is 0 Å². The van der Waals surface area contributed by atoms with E-state index in [1.54, 1.807) is 0 Å². The van der Waals surface area contributed by atoms with Crippen LogP contribution < -0.4 is 0 Å². The lowest BCUT2D eigenvalue weighted by molar-refractivity contribution is -0.139. The van der Waals surface area contributed by atoms with Crippen LogP contribution in [0.15, 0.2) is 12.2 Å². The fourth-order valence-corrected chi connectivity index (χ4v) is 0.631. The van der Waals surface area contributed by atoms with Crippen LogP contribution in [0, 0.1) is 5.92 Å². The Morgan fingerprint density at radius 2 is 2.09 bits per heavy atom. The fraction of sp³-hybridized carbons (Fsp3) is 0.667. The van der Waals surface area contributed by atoms with Gasteiger partial charge in [0.25, 0.3) is 0 Å². The highest BCUT2D eigenvalue weighted by molar-refractivity contribution is 5.70. The molecular formula is C9H16O2. The highest BCUT2D eigenvalue weighted by atomic mass is 16.5. The van der Waals surface area contributed by atoms with Crippen LogP contribution in [0.25, 0.3) is 0 Å². The summed E-state index contributed by atoms with van der Waals surface area (Å²) < 4.78 is 4.47. The predicted molar refractivity (Wildman–Crippen MR) is 45.2 cm³/mol. The summed E-state index contributed by atoms with van der Waals surface area (Å²) >= 11 is 0.